The van der Waals surface area contributed by atoms with Gasteiger partial charge in [-0.05, 0) is 37.8 Å². The van der Waals surface area contributed by atoms with E-state index >= 15 is 0 Å². The Bertz CT molecular complexity index is 700. The highest BCUT2D eigenvalue weighted by Gasteiger charge is 2.26. The van der Waals surface area contributed by atoms with E-state index in [-0.39, 0.29) is 33.4 Å². The quantitative estimate of drug-likeness (QED) is 0.701. The third kappa shape index (κ3) is 5.20. The fraction of sp³-hybridized carbons (Fsp3) is 0.579. The Balaban J connectivity index is 1.49. The molecule has 8 heteroatoms. The molecule has 2 fully saturated rings. The van der Waals surface area contributed by atoms with Gasteiger partial charge in [-0.15, -0.1) is 0 Å². The molecule has 6 nitrogen and oxygen atoms in total. The van der Waals surface area contributed by atoms with Crippen LogP contribution < -0.4 is 10.6 Å². The summed E-state index contributed by atoms with van der Waals surface area (Å²) in [5.41, 5.74) is 0.0602. The molecule has 3 rings (SSSR count). The zero-order valence-electron chi connectivity index (χ0n) is 15.1. The summed E-state index contributed by atoms with van der Waals surface area (Å²) in [7, 11) is 0. The van der Waals surface area contributed by atoms with Crippen LogP contribution in [0.1, 0.15) is 55.3 Å². The van der Waals surface area contributed by atoms with E-state index in [4.69, 9.17) is 23.2 Å². The van der Waals surface area contributed by atoms with Crippen molar-refractivity contribution in [3.8, 4) is 5.75 Å². The lowest BCUT2D eigenvalue weighted by atomic mass is 9.95. The fourth-order valence-corrected chi connectivity index (χ4v) is 4.24. The molecule has 0 atom stereocenters. The molecule has 3 N–H and O–H groups in total. The highest BCUT2D eigenvalue weighted by molar-refractivity contribution is 6.36. The molecule has 1 saturated heterocycles. The largest absolute Gasteiger partial charge is 0.506 e. The summed E-state index contributed by atoms with van der Waals surface area (Å²) < 4.78 is 0. The van der Waals surface area contributed by atoms with Crippen molar-refractivity contribution in [3.05, 3.63) is 27.7 Å². The van der Waals surface area contributed by atoms with Crippen molar-refractivity contribution in [1.82, 2.24) is 15.5 Å². The van der Waals surface area contributed by atoms with Crippen molar-refractivity contribution in [1.29, 1.82) is 0 Å². The van der Waals surface area contributed by atoms with Crippen molar-refractivity contribution >= 4 is 35.1 Å². The van der Waals surface area contributed by atoms with Gasteiger partial charge in [0.05, 0.1) is 10.6 Å². The summed E-state index contributed by atoms with van der Waals surface area (Å²) in [6.45, 7) is 1.18. The number of amides is 3. The highest BCUT2D eigenvalue weighted by atomic mass is 35.5. The number of piperidine rings is 1. The summed E-state index contributed by atoms with van der Waals surface area (Å²) in [5.74, 6) is -0.690. The Kier molecular flexibility index (Phi) is 6.71. The monoisotopic (exact) mass is 413 g/mol. The predicted octanol–water partition coefficient (Wildman–Crippen LogP) is 3.94. The van der Waals surface area contributed by atoms with E-state index in [0.717, 1.165) is 12.8 Å². The van der Waals surface area contributed by atoms with Gasteiger partial charge in [0.2, 0.25) is 0 Å². The number of phenols is 1. The number of aromatic hydroxyl groups is 1. The second-order valence-electron chi connectivity index (χ2n) is 7.30. The van der Waals surface area contributed by atoms with Crippen LogP contribution in [0.4, 0.5) is 4.79 Å². The number of benzene rings is 1. The molecule has 1 aromatic rings. The minimum atomic E-state index is -0.415. The molecule has 0 radical (unpaired) electrons. The van der Waals surface area contributed by atoms with Gasteiger partial charge in [0, 0.05) is 30.2 Å². The maximum absolute atomic E-state index is 12.4. The first-order valence-electron chi connectivity index (χ1n) is 9.48. The Morgan fingerprint density at radius 1 is 0.963 bits per heavy atom. The predicted molar refractivity (Wildman–Crippen MR) is 106 cm³/mol. The van der Waals surface area contributed by atoms with E-state index < -0.39 is 5.91 Å². The molecule has 1 saturated carbocycles. The van der Waals surface area contributed by atoms with Gasteiger partial charge in [-0.3, -0.25) is 4.79 Å². The number of nitrogens with one attached hydrogen (secondary N) is 2. The van der Waals surface area contributed by atoms with Crippen molar-refractivity contribution in [2.24, 2.45) is 0 Å². The van der Waals surface area contributed by atoms with Crippen LogP contribution in [-0.2, 0) is 0 Å². The van der Waals surface area contributed by atoms with Crippen molar-refractivity contribution in [3.63, 3.8) is 0 Å². The fourth-order valence-electron chi connectivity index (χ4n) is 3.74. The highest BCUT2D eigenvalue weighted by Crippen LogP contribution is 2.31. The van der Waals surface area contributed by atoms with E-state index in [9.17, 15) is 14.7 Å². The lowest BCUT2D eigenvalue weighted by Crippen LogP contribution is -2.51. The van der Waals surface area contributed by atoms with Crippen molar-refractivity contribution in [2.75, 3.05) is 13.1 Å². The molecule has 1 aromatic carbocycles. The number of halogens is 2. The maximum Gasteiger partial charge on any atom is 0.317 e. The van der Waals surface area contributed by atoms with Crippen molar-refractivity contribution < 1.29 is 14.7 Å². The standard InChI is InChI=1S/C19H25Cl2N3O3/c20-12-10-15(17(25)16(21)11-12)18(26)22-14-6-8-24(9-7-14)19(27)23-13-4-2-1-3-5-13/h10-11,13-14,25H,1-9H2,(H,22,26)(H,23,27). The van der Waals surface area contributed by atoms with Crippen LogP contribution in [-0.4, -0.2) is 47.1 Å². The SMILES string of the molecule is O=C(NC1CCN(C(=O)NC2CCCCC2)CC1)c1cc(Cl)cc(Cl)c1O. The molecule has 3 amide bonds. The smallest absolute Gasteiger partial charge is 0.317 e. The minimum Gasteiger partial charge on any atom is -0.506 e. The third-order valence-electron chi connectivity index (χ3n) is 5.32. The lowest BCUT2D eigenvalue weighted by molar-refractivity contribution is 0.0915. The molecule has 0 aromatic heterocycles. The molecule has 1 aliphatic heterocycles. The average Bonchev–Trinajstić information content (AvgIpc) is 2.66. The summed E-state index contributed by atoms with van der Waals surface area (Å²) in [6.07, 6.45) is 7.06. The summed E-state index contributed by atoms with van der Waals surface area (Å²) in [4.78, 5) is 26.6. The normalized spacial score (nSPS) is 19.0. The molecule has 148 valence electrons. The van der Waals surface area contributed by atoms with E-state index in [2.05, 4.69) is 10.6 Å². The van der Waals surface area contributed by atoms with E-state index in [0.29, 0.717) is 32.0 Å². The Morgan fingerprint density at radius 3 is 2.26 bits per heavy atom. The molecule has 0 unspecified atom stereocenters. The zero-order valence-corrected chi connectivity index (χ0v) is 16.7. The van der Waals surface area contributed by atoms with Crippen LogP contribution >= 0.6 is 23.2 Å². The number of carbonyl (C=O) groups is 2. The van der Waals surface area contributed by atoms with Gasteiger partial charge >= 0.3 is 6.03 Å². The molecular formula is C19H25Cl2N3O3. The van der Waals surface area contributed by atoms with Gasteiger partial charge < -0.3 is 20.6 Å². The number of hydrogen-bond donors (Lipinski definition) is 3. The number of hydrogen-bond acceptors (Lipinski definition) is 3. The number of nitrogens with zero attached hydrogens (tertiary/aromatic N) is 1. The van der Waals surface area contributed by atoms with Crippen molar-refractivity contribution in [2.45, 2.75) is 57.0 Å². The van der Waals surface area contributed by atoms with E-state index in [1.54, 1.807) is 0 Å². The molecule has 27 heavy (non-hydrogen) atoms. The van der Waals surface area contributed by atoms with Gasteiger partial charge in [-0.1, -0.05) is 42.5 Å². The molecular weight excluding hydrogens is 389 g/mol. The molecule has 0 spiro atoms. The van der Waals surface area contributed by atoms with Gasteiger partial charge in [-0.2, -0.15) is 0 Å². The summed E-state index contributed by atoms with van der Waals surface area (Å²) >= 11 is 11.8. The maximum atomic E-state index is 12.4. The van der Waals surface area contributed by atoms with Crippen LogP contribution in [0.25, 0.3) is 0 Å². The Morgan fingerprint density at radius 2 is 1.59 bits per heavy atom. The Hall–Kier alpha value is -1.66. The van der Waals surface area contributed by atoms with Crippen LogP contribution in [0, 0.1) is 0 Å². The van der Waals surface area contributed by atoms with Gasteiger partial charge in [0.15, 0.2) is 0 Å². The first kappa shape index (κ1) is 20.1. The zero-order chi connectivity index (χ0) is 19.4. The first-order valence-corrected chi connectivity index (χ1v) is 10.2. The number of urea groups is 1. The number of rotatable bonds is 3. The summed E-state index contributed by atoms with van der Waals surface area (Å²) in [6, 6.07) is 3.00. The molecule has 2 aliphatic rings. The summed E-state index contributed by atoms with van der Waals surface area (Å²) in [5, 5.41) is 16.3. The number of carbonyl (C=O) groups excluding carboxylic acids is 2. The average molecular weight is 414 g/mol. The third-order valence-corrected chi connectivity index (χ3v) is 5.83. The van der Waals surface area contributed by atoms with Crippen LogP contribution in [0.2, 0.25) is 10.0 Å². The minimum absolute atomic E-state index is 0.00839. The Labute approximate surface area is 169 Å². The number of likely N-dealkylation sites (tertiary alicyclic amines) is 1. The molecule has 1 heterocycles. The van der Waals surface area contributed by atoms with E-state index in [1.165, 1.54) is 31.4 Å². The number of phenolic OH excluding ortho intramolecular Hbond substituents is 1. The van der Waals surface area contributed by atoms with E-state index in [1.807, 2.05) is 4.90 Å². The van der Waals surface area contributed by atoms with Gasteiger partial charge in [0.1, 0.15) is 5.75 Å². The van der Waals surface area contributed by atoms with Crippen LogP contribution in [0.15, 0.2) is 12.1 Å². The van der Waals surface area contributed by atoms with Gasteiger partial charge in [-0.25, -0.2) is 4.79 Å². The topological polar surface area (TPSA) is 81.7 Å². The molecule has 1 aliphatic carbocycles. The molecule has 0 bridgehead atoms. The van der Waals surface area contributed by atoms with Crippen LogP contribution in [0.3, 0.4) is 0 Å². The van der Waals surface area contributed by atoms with Gasteiger partial charge in [0.25, 0.3) is 5.91 Å². The second kappa shape index (κ2) is 9.02. The van der Waals surface area contributed by atoms with Crippen LogP contribution in [0.5, 0.6) is 5.75 Å². The first-order chi connectivity index (χ1) is 12.9. The lowest BCUT2D eigenvalue weighted by Gasteiger charge is -2.34. The second-order valence-corrected chi connectivity index (χ2v) is 8.15.